The highest BCUT2D eigenvalue weighted by molar-refractivity contribution is 5.77. The lowest BCUT2D eigenvalue weighted by Gasteiger charge is -2.11. The minimum atomic E-state index is 0.141. The Balaban J connectivity index is 2.36. The molecule has 0 aliphatic heterocycles. The van der Waals surface area contributed by atoms with Crippen molar-refractivity contribution in [3.05, 3.63) is 47.7 Å². The van der Waals surface area contributed by atoms with E-state index < -0.39 is 0 Å². The molecule has 3 heteroatoms. The van der Waals surface area contributed by atoms with Gasteiger partial charge in [0, 0.05) is 16.8 Å². The Kier molecular flexibility index (Phi) is 3.95. The molecule has 0 saturated heterocycles. The molecular weight excluding hydrogens is 238 g/mol. The lowest BCUT2D eigenvalue weighted by molar-refractivity contribution is 0.112. The highest BCUT2D eigenvalue weighted by Gasteiger charge is 2.05. The first-order chi connectivity index (χ1) is 9.10. The minimum absolute atomic E-state index is 0.141. The van der Waals surface area contributed by atoms with Gasteiger partial charge in [-0.3, -0.25) is 9.78 Å². The quantitative estimate of drug-likeness (QED) is 0.783. The van der Waals surface area contributed by atoms with Crippen molar-refractivity contribution >= 4 is 6.29 Å². The third-order valence-corrected chi connectivity index (χ3v) is 2.76. The topological polar surface area (TPSA) is 39.2 Å². The summed E-state index contributed by atoms with van der Waals surface area (Å²) in [5.41, 5.74) is 3.19. The van der Waals surface area contributed by atoms with E-state index in [1.807, 2.05) is 51.1 Å². The van der Waals surface area contributed by atoms with Crippen LogP contribution in [0.25, 0.3) is 11.3 Å². The molecule has 1 heterocycles. The average Bonchev–Trinajstić information content (AvgIpc) is 2.38. The predicted molar refractivity (Wildman–Crippen MR) is 75.6 cm³/mol. The molecule has 0 spiro atoms. The first-order valence-electron chi connectivity index (χ1n) is 6.30. The molecule has 0 radical (unpaired) electrons. The van der Waals surface area contributed by atoms with Gasteiger partial charge < -0.3 is 4.74 Å². The fraction of sp³-hybridized carbons (Fsp3) is 0.250. The van der Waals surface area contributed by atoms with Crippen molar-refractivity contribution < 1.29 is 9.53 Å². The molecule has 0 unspecified atom stereocenters. The number of benzene rings is 1. The molecule has 1 aromatic carbocycles. The lowest BCUT2D eigenvalue weighted by Crippen LogP contribution is -2.05. The van der Waals surface area contributed by atoms with Crippen molar-refractivity contribution in [2.75, 3.05) is 0 Å². The maximum atomic E-state index is 10.8. The number of hydrogen-bond donors (Lipinski definition) is 0. The summed E-state index contributed by atoms with van der Waals surface area (Å²) in [6.07, 6.45) is 0.965. The van der Waals surface area contributed by atoms with E-state index in [4.69, 9.17) is 4.74 Å². The van der Waals surface area contributed by atoms with Crippen molar-refractivity contribution in [3.63, 3.8) is 0 Å². The zero-order valence-electron chi connectivity index (χ0n) is 11.4. The van der Waals surface area contributed by atoms with E-state index in [9.17, 15) is 4.79 Å². The van der Waals surface area contributed by atoms with Crippen LogP contribution in [0.2, 0.25) is 0 Å². The first-order valence-corrected chi connectivity index (χ1v) is 6.30. The number of aromatic nitrogens is 1. The number of rotatable bonds is 4. The van der Waals surface area contributed by atoms with Gasteiger partial charge in [-0.05, 0) is 45.0 Å². The summed E-state index contributed by atoms with van der Waals surface area (Å²) in [4.78, 5) is 15.2. The van der Waals surface area contributed by atoms with E-state index in [1.54, 1.807) is 6.07 Å². The molecule has 0 aliphatic carbocycles. The molecular formula is C16H17NO2. The monoisotopic (exact) mass is 255 g/mol. The Morgan fingerprint density at radius 3 is 2.63 bits per heavy atom. The smallest absolute Gasteiger partial charge is 0.151 e. The van der Waals surface area contributed by atoms with Crippen molar-refractivity contribution in [2.24, 2.45) is 0 Å². The summed E-state index contributed by atoms with van der Waals surface area (Å²) in [6, 6.07) is 11.5. The van der Waals surface area contributed by atoms with Gasteiger partial charge in [0.05, 0.1) is 11.8 Å². The van der Waals surface area contributed by atoms with Gasteiger partial charge >= 0.3 is 0 Å². The second-order valence-electron chi connectivity index (χ2n) is 4.68. The molecule has 2 rings (SSSR count). The second-order valence-corrected chi connectivity index (χ2v) is 4.68. The number of carbonyl (C=O) groups excluding carboxylic acids is 1. The molecule has 2 aromatic rings. The molecule has 0 amide bonds. The molecule has 19 heavy (non-hydrogen) atoms. The van der Waals surface area contributed by atoms with Gasteiger partial charge in [0.2, 0.25) is 0 Å². The van der Waals surface area contributed by atoms with Gasteiger partial charge in [-0.25, -0.2) is 0 Å². The Morgan fingerprint density at radius 1 is 1.21 bits per heavy atom. The Bertz CT molecular complexity index is 591. The van der Waals surface area contributed by atoms with E-state index in [2.05, 4.69) is 4.98 Å². The van der Waals surface area contributed by atoms with E-state index in [1.165, 1.54) is 0 Å². The SMILES string of the molecule is Cc1nc(-c2cccc(OC(C)C)c2)ccc1C=O. The van der Waals surface area contributed by atoms with Crippen molar-refractivity contribution in [1.82, 2.24) is 4.98 Å². The summed E-state index contributed by atoms with van der Waals surface area (Å²) in [7, 11) is 0. The Labute approximate surface area is 113 Å². The number of ether oxygens (including phenoxy) is 1. The van der Waals surface area contributed by atoms with Crippen LogP contribution in [0.5, 0.6) is 5.75 Å². The zero-order valence-corrected chi connectivity index (χ0v) is 11.4. The van der Waals surface area contributed by atoms with Crippen molar-refractivity contribution in [2.45, 2.75) is 26.9 Å². The van der Waals surface area contributed by atoms with E-state index in [0.717, 1.165) is 29.0 Å². The second kappa shape index (κ2) is 5.65. The van der Waals surface area contributed by atoms with Crippen molar-refractivity contribution in [3.8, 4) is 17.0 Å². The summed E-state index contributed by atoms with van der Waals surface area (Å²) >= 11 is 0. The van der Waals surface area contributed by atoms with Gasteiger partial charge in [0.25, 0.3) is 0 Å². The summed E-state index contributed by atoms with van der Waals surface area (Å²) in [6.45, 7) is 5.82. The van der Waals surface area contributed by atoms with Gasteiger partial charge in [-0.2, -0.15) is 0 Å². The van der Waals surface area contributed by atoms with E-state index in [-0.39, 0.29) is 6.10 Å². The van der Waals surface area contributed by atoms with Gasteiger partial charge in [-0.15, -0.1) is 0 Å². The molecule has 0 fully saturated rings. The largest absolute Gasteiger partial charge is 0.491 e. The summed E-state index contributed by atoms with van der Waals surface area (Å²) in [5, 5.41) is 0. The number of hydrogen-bond acceptors (Lipinski definition) is 3. The summed E-state index contributed by atoms with van der Waals surface area (Å²) < 4.78 is 5.67. The van der Waals surface area contributed by atoms with Gasteiger partial charge in [-0.1, -0.05) is 12.1 Å². The van der Waals surface area contributed by atoms with Crippen LogP contribution in [-0.2, 0) is 0 Å². The van der Waals surface area contributed by atoms with Crippen LogP contribution in [-0.4, -0.2) is 17.4 Å². The predicted octanol–water partition coefficient (Wildman–Crippen LogP) is 3.66. The van der Waals surface area contributed by atoms with Crippen molar-refractivity contribution in [1.29, 1.82) is 0 Å². The molecule has 3 nitrogen and oxygen atoms in total. The van der Waals surface area contributed by atoms with Crippen LogP contribution >= 0.6 is 0 Å². The number of nitrogens with zero attached hydrogens (tertiary/aromatic N) is 1. The maximum Gasteiger partial charge on any atom is 0.151 e. The average molecular weight is 255 g/mol. The van der Waals surface area contributed by atoms with Crippen LogP contribution in [0, 0.1) is 6.92 Å². The number of aldehydes is 1. The fourth-order valence-corrected chi connectivity index (χ4v) is 1.86. The first kappa shape index (κ1) is 13.3. The summed E-state index contributed by atoms with van der Waals surface area (Å²) in [5.74, 6) is 0.825. The fourth-order valence-electron chi connectivity index (χ4n) is 1.86. The number of aryl methyl sites for hydroxylation is 1. The Morgan fingerprint density at radius 2 is 2.00 bits per heavy atom. The minimum Gasteiger partial charge on any atom is -0.491 e. The lowest BCUT2D eigenvalue weighted by atomic mass is 10.1. The van der Waals surface area contributed by atoms with Crippen LogP contribution in [0.4, 0.5) is 0 Å². The molecule has 0 saturated carbocycles. The Hall–Kier alpha value is -2.16. The van der Waals surface area contributed by atoms with Crippen LogP contribution in [0.1, 0.15) is 29.9 Å². The molecule has 0 aliphatic rings. The number of pyridine rings is 1. The molecule has 98 valence electrons. The standard InChI is InChI=1S/C16H17NO2/c1-11(2)19-15-6-4-5-13(9-15)16-8-7-14(10-18)12(3)17-16/h4-11H,1-3H3. The third-order valence-electron chi connectivity index (χ3n) is 2.76. The van der Waals surface area contributed by atoms with E-state index >= 15 is 0 Å². The highest BCUT2D eigenvalue weighted by Crippen LogP contribution is 2.23. The number of carbonyl (C=O) groups is 1. The van der Waals surface area contributed by atoms with Crippen LogP contribution in [0.15, 0.2) is 36.4 Å². The maximum absolute atomic E-state index is 10.8. The molecule has 1 aromatic heterocycles. The van der Waals surface area contributed by atoms with Crippen LogP contribution < -0.4 is 4.74 Å². The molecule has 0 bridgehead atoms. The zero-order chi connectivity index (χ0) is 13.8. The van der Waals surface area contributed by atoms with Gasteiger partial charge in [0.1, 0.15) is 5.75 Å². The molecule has 0 N–H and O–H groups in total. The highest BCUT2D eigenvalue weighted by atomic mass is 16.5. The normalized spacial score (nSPS) is 10.5. The van der Waals surface area contributed by atoms with Gasteiger partial charge in [0.15, 0.2) is 6.29 Å². The third kappa shape index (κ3) is 3.19. The van der Waals surface area contributed by atoms with Crippen LogP contribution in [0.3, 0.4) is 0 Å². The van der Waals surface area contributed by atoms with E-state index in [0.29, 0.717) is 5.56 Å². The molecule has 0 atom stereocenters.